The van der Waals surface area contributed by atoms with E-state index in [4.69, 9.17) is 0 Å². The SMILES string of the molecule is CN1CCN(N=Cc2cc(Br)ccc2O)CC1. The largest absolute Gasteiger partial charge is 0.507 e. The molecule has 1 fully saturated rings. The molecular weight excluding hydrogens is 282 g/mol. The maximum atomic E-state index is 9.67. The van der Waals surface area contributed by atoms with Gasteiger partial charge < -0.3 is 10.0 Å². The molecule has 1 saturated heterocycles. The first-order valence-corrected chi connectivity index (χ1v) is 6.40. The molecule has 4 nitrogen and oxygen atoms in total. The Morgan fingerprint density at radius 3 is 2.71 bits per heavy atom. The van der Waals surface area contributed by atoms with Crippen LogP contribution in [-0.2, 0) is 0 Å². The summed E-state index contributed by atoms with van der Waals surface area (Å²) < 4.78 is 0.940. The molecule has 1 aromatic rings. The molecule has 0 unspecified atom stereocenters. The van der Waals surface area contributed by atoms with E-state index in [2.05, 4.69) is 33.0 Å². The Bertz CT molecular complexity index is 414. The van der Waals surface area contributed by atoms with E-state index in [9.17, 15) is 5.11 Å². The first kappa shape index (κ1) is 12.4. The third-order valence-corrected chi connectivity index (χ3v) is 3.32. The zero-order valence-corrected chi connectivity index (χ0v) is 11.4. The molecule has 5 heteroatoms. The minimum Gasteiger partial charge on any atom is -0.507 e. The number of piperazine rings is 1. The molecule has 0 bridgehead atoms. The molecule has 1 aromatic carbocycles. The van der Waals surface area contributed by atoms with Gasteiger partial charge >= 0.3 is 0 Å². The van der Waals surface area contributed by atoms with E-state index >= 15 is 0 Å². The first-order chi connectivity index (χ1) is 8.15. The van der Waals surface area contributed by atoms with Gasteiger partial charge in [0.15, 0.2) is 0 Å². The average molecular weight is 298 g/mol. The monoisotopic (exact) mass is 297 g/mol. The van der Waals surface area contributed by atoms with Crippen molar-refractivity contribution in [2.45, 2.75) is 0 Å². The second kappa shape index (κ2) is 5.51. The fourth-order valence-corrected chi connectivity index (χ4v) is 2.06. The molecule has 0 radical (unpaired) electrons. The number of hydrazone groups is 1. The first-order valence-electron chi connectivity index (χ1n) is 5.61. The van der Waals surface area contributed by atoms with Gasteiger partial charge in [-0.2, -0.15) is 5.10 Å². The van der Waals surface area contributed by atoms with Crippen molar-refractivity contribution in [3.63, 3.8) is 0 Å². The molecule has 1 aliphatic rings. The van der Waals surface area contributed by atoms with Crippen molar-refractivity contribution in [3.05, 3.63) is 28.2 Å². The molecule has 0 amide bonds. The van der Waals surface area contributed by atoms with Crippen LogP contribution in [0.4, 0.5) is 0 Å². The van der Waals surface area contributed by atoms with Crippen LogP contribution in [0, 0.1) is 0 Å². The second-order valence-electron chi connectivity index (χ2n) is 4.20. The van der Waals surface area contributed by atoms with Crippen LogP contribution in [0.15, 0.2) is 27.8 Å². The van der Waals surface area contributed by atoms with Crippen LogP contribution in [-0.4, -0.2) is 54.5 Å². The highest BCUT2D eigenvalue weighted by Crippen LogP contribution is 2.20. The van der Waals surface area contributed by atoms with Gasteiger partial charge in [-0.05, 0) is 25.2 Å². The summed E-state index contributed by atoms with van der Waals surface area (Å²) in [6, 6.07) is 5.33. The Hall–Kier alpha value is -1.07. The third-order valence-electron chi connectivity index (χ3n) is 2.83. The lowest BCUT2D eigenvalue weighted by atomic mass is 10.2. The lowest BCUT2D eigenvalue weighted by molar-refractivity contribution is 0.159. The summed E-state index contributed by atoms with van der Waals surface area (Å²) in [7, 11) is 2.11. The number of phenolic OH excluding ortho intramolecular Hbond substituents is 1. The van der Waals surface area contributed by atoms with E-state index in [0.29, 0.717) is 0 Å². The number of aromatic hydroxyl groups is 1. The highest BCUT2D eigenvalue weighted by molar-refractivity contribution is 9.10. The fraction of sp³-hybridized carbons (Fsp3) is 0.417. The van der Waals surface area contributed by atoms with E-state index in [0.717, 1.165) is 36.2 Å². The standard InChI is InChI=1S/C12H16BrN3O/c1-15-4-6-16(7-5-15)14-9-10-8-11(13)2-3-12(10)17/h2-3,8-9,17H,4-7H2,1H3. The maximum Gasteiger partial charge on any atom is 0.124 e. The molecule has 0 saturated carbocycles. The molecule has 2 rings (SSSR count). The smallest absolute Gasteiger partial charge is 0.124 e. The van der Waals surface area contributed by atoms with E-state index in [1.807, 2.05) is 17.1 Å². The summed E-state index contributed by atoms with van der Waals surface area (Å²) in [5.41, 5.74) is 0.735. The molecule has 1 aliphatic heterocycles. The number of hydrogen-bond donors (Lipinski definition) is 1. The predicted molar refractivity (Wildman–Crippen MR) is 72.5 cm³/mol. The molecule has 1 heterocycles. The van der Waals surface area contributed by atoms with Gasteiger partial charge in [0.2, 0.25) is 0 Å². The van der Waals surface area contributed by atoms with Crippen molar-refractivity contribution in [2.75, 3.05) is 33.2 Å². The molecule has 1 N–H and O–H groups in total. The van der Waals surface area contributed by atoms with Gasteiger partial charge in [-0.1, -0.05) is 15.9 Å². The van der Waals surface area contributed by atoms with Gasteiger partial charge in [0.25, 0.3) is 0 Å². The van der Waals surface area contributed by atoms with E-state index in [1.165, 1.54) is 0 Å². The maximum absolute atomic E-state index is 9.67. The Balaban J connectivity index is 2.02. The Morgan fingerprint density at radius 1 is 1.29 bits per heavy atom. The predicted octanol–water partition coefficient (Wildman–Crippen LogP) is 1.74. The van der Waals surface area contributed by atoms with Crippen molar-refractivity contribution >= 4 is 22.1 Å². The van der Waals surface area contributed by atoms with Gasteiger partial charge in [0.05, 0.1) is 6.21 Å². The molecule has 0 aromatic heterocycles. The molecule has 0 aliphatic carbocycles. The van der Waals surface area contributed by atoms with Crippen molar-refractivity contribution in [2.24, 2.45) is 5.10 Å². The molecule has 0 spiro atoms. The number of benzene rings is 1. The zero-order chi connectivity index (χ0) is 12.3. The summed E-state index contributed by atoms with van der Waals surface area (Å²) in [6.45, 7) is 3.92. The molecule has 0 atom stereocenters. The zero-order valence-electron chi connectivity index (χ0n) is 9.80. The highest BCUT2D eigenvalue weighted by Gasteiger charge is 2.11. The number of rotatable bonds is 2. The second-order valence-corrected chi connectivity index (χ2v) is 5.12. The number of nitrogens with zero attached hydrogens (tertiary/aromatic N) is 3. The quantitative estimate of drug-likeness (QED) is 0.845. The van der Waals surface area contributed by atoms with Crippen molar-refractivity contribution in [3.8, 4) is 5.75 Å². The Labute approximate surface area is 110 Å². The molecule has 17 heavy (non-hydrogen) atoms. The highest BCUT2D eigenvalue weighted by atomic mass is 79.9. The molecule has 92 valence electrons. The summed E-state index contributed by atoms with van der Waals surface area (Å²) >= 11 is 3.38. The van der Waals surface area contributed by atoms with Gasteiger partial charge in [-0.25, -0.2) is 0 Å². The van der Waals surface area contributed by atoms with Gasteiger partial charge in [0.1, 0.15) is 5.75 Å². The van der Waals surface area contributed by atoms with E-state index in [1.54, 1.807) is 12.3 Å². The number of halogens is 1. The average Bonchev–Trinajstić information content (AvgIpc) is 2.32. The van der Waals surface area contributed by atoms with E-state index < -0.39 is 0 Å². The van der Waals surface area contributed by atoms with Crippen LogP contribution in [0.1, 0.15) is 5.56 Å². The lowest BCUT2D eigenvalue weighted by Crippen LogP contribution is -2.41. The number of phenols is 1. The summed E-state index contributed by atoms with van der Waals surface area (Å²) in [6.07, 6.45) is 1.71. The summed E-state index contributed by atoms with van der Waals surface area (Å²) in [5, 5.41) is 16.1. The Morgan fingerprint density at radius 2 is 2.00 bits per heavy atom. The van der Waals surface area contributed by atoms with Gasteiger partial charge in [-0.15, -0.1) is 0 Å². The van der Waals surface area contributed by atoms with Crippen molar-refractivity contribution < 1.29 is 5.11 Å². The van der Waals surface area contributed by atoms with Gasteiger partial charge in [0, 0.05) is 36.2 Å². The topological polar surface area (TPSA) is 39.1 Å². The van der Waals surface area contributed by atoms with Gasteiger partial charge in [-0.3, -0.25) is 5.01 Å². The number of hydrogen-bond acceptors (Lipinski definition) is 4. The minimum absolute atomic E-state index is 0.256. The summed E-state index contributed by atoms with van der Waals surface area (Å²) in [4.78, 5) is 2.28. The summed E-state index contributed by atoms with van der Waals surface area (Å²) in [5.74, 6) is 0.256. The Kier molecular flexibility index (Phi) is 4.02. The van der Waals surface area contributed by atoms with Crippen molar-refractivity contribution in [1.29, 1.82) is 0 Å². The van der Waals surface area contributed by atoms with Crippen LogP contribution in [0.2, 0.25) is 0 Å². The van der Waals surface area contributed by atoms with E-state index in [-0.39, 0.29) is 5.75 Å². The van der Waals surface area contributed by atoms with Crippen LogP contribution in [0.5, 0.6) is 5.75 Å². The lowest BCUT2D eigenvalue weighted by Gasteiger charge is -2.30. The molecular formula is C12H16BrN3O. The third kappa shape index (κ3) is 3.44. The minimum atomic E-state index is 0.256. The van der Waals surface area contributed by atoms with Crippen LogP contribution < -0.4 is 0 Å². The number of likely N-dealkylation sites (N-methyl/N-ethyl adjacent to an activating group) is 1. The fourth-order valence-electron chi connectivity index (χ4n) is 1.68. The van der Waals surface area contributed by atoms with Crippen molar-refractivity contribution in [1.82, 2.24) is 9.91 Å². The van der Waals surface area contributed by atoms with Crippen LogP contribution >= 0.6 is 15.9 Å². The van der Waals surface area contributed by atoms with Crippen LogP contribution in [0.3, 0.4) is 0 Å². The normalized spacial score (nSPS) is 17.9. The van der Waals surface area contributed by atoms with Crippen LogP contribution in [0.25, 0.3) is 0 Å².